The molecule has 0 aromatic rings. The van der Waals surface area contributed by atoms with Gasteiger partial charge in [-0.15, -0.1) is 6.58 Å². The van der Waals surface area contributed by atoms with Gasteiger partial charge in [-0.25, -0.2) is 0 Å². The molecule has 1 aliphatic rings. The van der Waals surface area contributed by atoms with E-state index < -0.39 is 5.97 Å². The van der Waals surface area contributed by atoms with Crippen molar-refractivity contribution in [1.82, 2.24) is 4.90 Å². The summed E-state index contributed by atoms with van der Waals surface area (Å²) in [6.45, 7) is 6.07. The van der Waals surface area contributed by atoms with Gasteiger partial charge in [-0.3, -0.25) is 9.69 Å². The van der Waals surface area contributed by atoms with Gasteiger partial charge in [0.1, 0.15) is 0 Å². The van der Waals surface area contributed by atoms with Gasteiger partial charge in [0.25, 0.3) is 0 Å². The Morgan fingerprint density at radius 1 is 1.47 bits per heavy atom. The first kappa shape index (κ1) is 14.0. The highest BCUT2D eigenvalue weighted by molar-refractivity contribution is 5.66. The number of hydrogen-bond donors (Lipinski definition) is 1. The van der Waals surface area contributed by atoms with Crippen LogP contribution in [0.2, 0.25) is 0 Å². The van der Waals surface area contributed by atoms with Crippen molar-refractivity contribution < 1.29 is 9.90 Å². The van der Waals surface area contributed by atoms with Crippen LogP contribution in [0.25, 0.3) is 0 Å². The molecular weight excluding hydrogens is 214 g/mol. The molecule has 1 rings (SSSR count). The van der Waals surface area contributed by atoms with Gasteiger partial charge in [0.2, 0.25) is 0 Å². The number of carboxylic acid groups (broad SMARTS) is 1. The molecule has 0 atom stereocenters. The third-order valence-electron chi connectivity index (χ3n) is 3.16. The van der Waals surface area contributed by atoms with Crippen LogP contribution in [0.5, 0.6) is 0 Å². The molecule has 3 heteroatoms. The van der Waals surface area contributed by atoms with Crippen LogP contribution in [0.4, 0.5) is 0 Å². The van der Waals surface area contributed by atoms with E-state index in [0.717, 1.165) is 19.5 Å². The van der Waals surface area contributed by atoms with Crippen molar-refractivity contribution in [2.45, 2.75) is 38.5 Å². The maximum Gasteiger partial charge on any atom is 0.304 e. The standard InChI is InChI=1S/C14H23NO2/c1-2-10-15(12-9-14(16)17)11-8-13-6-4-3-5-7-13/h2,6H,1,3-5,7-12H2,(H,16,17). The predicted molar refractivity (Wildman–Crippen MR) is 70.1 cm³/mol. The van der Waals surface area contributed by atoms with Crippen LogP contribution < -0.4 is 0 Å². The van der Waals surface area contributed by atoms with Gasteiger partial charge in [-0.1, -0.05) is 17.7 Å². The van der Waals surface area contributed by atoms with Gasteiger partial charge < -0.3 is 5.11 Å². The highest BCUT2D eigenvalue weighted by Crippen LogP contribution is 2.20. The van der Waals surface area contributed by atoms with E-state index in [2.05, 4.69) is 17.6 Å². The van der Waals surface area contributed by atoms with E-state index in [-0.39, 0.29) is 6.42 Å². The Balaban J connectivity index is 2.29. The quantitative estimate of drug-likeness (QED) is 0.660. The van der Waals surface area contributed by atoms with Gasteiger partial charge in [-0.05, 0) is 32.1 Å². The zero-order chi connectivity index (χ0) is 12.5. The summed E-state index contributed by atoms with van der Waals surface area (Å²) in [6, 6.07) is 0. The molecular formula is C14H23NO2. The van der Waals surface area contributed by atoms with Crippen LogP contribution in [0.15, 0.2) is 24.3 Å². The lowest BCUT2D eigenvalue weighted by atomic mass is 9.97. The topological polar surface area (TPSA) is 40.5 Å². The molecule has 0 radical (unpaired) electrons. The molecule has 0 aromatic heterocycles. The van der Waals surface area contributed by atoms with E-state index in [4.69, 9.17) is 5.11 Å². The fourth-order valence-corrected chi connectivity index (χ4v) is 2.16. The molecule has 96 valence electrons. The minimum absolute atomic E-state index is 0.215. The lowest BCUT2D eigenvalue weighted by molar-refractivity contribution is -0.137. The number of nitrogens with zero attached hydrogens (tertiary/aromatic N) is 1. The van der Waals surface area contributed by atoms with Gasteiger partial charge in [0.05, 0.1) is 6.42 Å². The molecule has 0 unspecified atom stereocenters. The fraction of sp³-hybridized carbons (Fsp3) is 0.643. The molecule has 0 fully saturated rings. The molecule has 0 bridgehead atoms. The van der Waals surface area contributed by atoms with Gasteiger partial charge >= 0.3 is 5.97 Å². The molecule has 1 aliphatic carbocycles. The lowest BCUT2D eigenvalue weighted by Gasteiger charge is -2.21. The SMILES string of the molecule is C=CCN(CCC(=O)O)CCC1=CCCCC1. The largest absolute Gasteiger partial charge is 0.481 e. The van der Waals surface area contributed by atoms with Gasteiger partial charge in [0, 0.05) is 19.6 Å². The predicted octanol–water partition coefficient (Wildman–Crippen LogP) is 2.84. The van der Waals surface area contributed by atoms with Crippen LogP contribution in [0, 0.1) is 0 Å². The Bertz CT molecular complexity index is 284. The monoisotopic (exact) mass is 237 g/mol. The number of aliphatic carboxylic acids is 1. The first-order chi connectivity index (χ1) is 8.22. The van der Waals surface area contributed by atoms with E-state index in [1.807, 2.05) is 6.08 Å². The van der Waals surface area contributed by atoms with E-state index in [1.54, 1.807) is 5.57 Å². The van der Waals surface area contributed by atoms with Crippen LogP contribution in [0.1, 0.15) is 38.5 Å². The third kappa shape index (κ3) is 6.27. The first-order valence-corrected chi connectivity index (χ1v) is 6.45. The minimum atomic E-state index is -0.726. The highest BCUT2D eigenvalue weighted by atomic mass is 16.4. The van der Waals surface area contributed by atoms with Crippen molar-refractivity contribution in [2.24, 2.45) is 0 Å². The van der Waals surface area contributed by atoms with Crippen LogP contribution >= 0.6 is 0 Å². The summed E-state index contributed by atoms with van der Waals surface area (Å²) in [6.07, 6.45) is 10.6. The Morgan fingerprint density at radius 2 is 2.29 bits per heavy atom. The van der Waals surface area contributed by atoms with Crippen molar-refractivity contribution in [2.75, 3.05) is 19.6 Å². The molecule has 0 heterocycles. The number of allylic oxidation sites excluding steroid dienone is 1. The summed E-state index contributed by atoms with van der Waals surface area (Å²) < 4.78 is 0. The minimum Gasteiger partial charge on any atom is -0.481 e. The first-order valence-electron chi connectivity index (χ1n) is 6.45. The van der Waals surface area contributed by atoms with Gasteiger partial charge in [-0.2, -0.15) is 0 Å². The zero-order valence-electron chi connectivity index (χ0n) is 10.5. The second kappa shape index (κ2) is 8.07. The van der Waals surface area contributed by atoms with Gasteiger partial charge in [0.15, 0.2) is 0 Å². The molecule has 17 heavy (non-hydrogen) atoms. The fourth-order valence-electron chi connectivity index (χ4n) is 2.16. The van der Waals surface area contributed by atoms with Crippen LogP contribution in [-0.4, -0.2) is 35.6 Å². The van der Waals surface area contributed by atoms with Crippen molar-refractivity contribution in [3.8, 4) is 0 Å². The van der Waals surface area contributed by atoms with Crippen LogP contribution in [0.3, 0.4) is 0 Å². The second-order valence-electron chi connectivity index (χ2n) is 4.59. The summed E-state index contributed by atoms with van der Waals surface area (Å²) >= 11 is 0. The van der Waals surface area contributed by atoms with Crippen molar-refractivity contribution >= 4 is 5.97 Å². The maximum absolute atomic E-state index is 10.6. The summed E-state index contributed by atoms with van der Waals surface area (Å²) in [4.78, 5) is 12.7. The highest BCUT2D eigenvalue weighted by Gasteiger charge is 2.08. The Hall–Kier alpha value is -1.09. The summed E-state index contributed by atoms with van der Waals surface area (Å²) in [5.74, 6) is -0.726. The molecule has 1 N–H and O–H groups in total. The van der Waals surface area contributed by atoms with Crippen molar-refractivity contribution in [3.63, 3.8) is 0 Å². The second-order valence-corrected chi connectivity index (χ2v) is 4.59. The summed E-state index contributed by atoms with van der Waals surface area (Å²) in [7, 11) is 0. The molecule has 0 amide bonds. The van der Waals surface area contributed by atoms with Crippen molar-refractivity contribution in [1.29, 1.82) is 0 Å². The Kier molecular flexibility index (Phi) is 6.63. The van der Waals surface area contributed by atoms with E-state index in [0.29, 0.717) is 6.54 Å². The molecule has 3 nitrogen and oxygen atoms in total. The van der Waals surface area contributed by atoms with E-state index >= 15 is 0 Å². The molecule has 0 saturated heterocycles. The lowest BCUT2D eigenvalue weighted by Crippen LogP contribution is -2.28. The summed E-state index contributed by atoms with van der Waals surface area (Å²) in [5, 5.41) is 8.68. The van der Waals surface area contributed by atoms with E-state index in [1.165, 1.54) is 25.7 Å². The van der Waals surface area contributed by atoms with E-state index in [9.17, 15) is 4.79 Å². The molecule has 0 aromatic carbocycles. The number of hydrogen-bond acceptors (Lipinski definition) is 2. The zero-order valence-corrected chi connectivity index (χ0v) is 10.5. The molecule has 0 spiro atoms. The average Bonchev–Trinajstić information content (AvgIpc) is 2.34. The third-order valence-corrected chi connectivity index (χ3v) is 3.16. The van der Waals surface area contributed by atoms with Crippen LogP contribution in [-0.2, 0) is 4.79 Å². The maximum atomic E-state index is 10.6. The number of carbonyl (C=O) groups is 1. The Labute approximate surface area is 104 Å². The number of carboxylic acids is 1. The Morgan fingerprint density at radius 3 is 2.88 bits per heavy atom. The molecule has 0 aliphatic heterocycles. The normalized spacial score (nSPS) is 15.7. The number of rotatable bonds is 8. The molecule has 0 saturated carbocycles. The average molecular weight is 237 g/mol. The smallest absolute Gasteiger partial charge is 0.304 e. The summed E-state index contributed by atoms with van der Waals surface area (Å²) in [5.41, 5.74) is 1.54. The van der Waals surface area contributed by atoms with Crippen molar-refractivity contribution in [3.05, 3.63) is 24.3 Å².